The number of para-hydroxylation sites is 1. The topological polar surface area (TPSA) is 61.8 Å². The molecule has 0 bridgehead atoms. The lowest BCUT2D eigenvalue weighted by Crippen LogP contribution is -2.43. The number of aryl methyl sites for hydroxylation is 1. The SMILES string of the molecule is CN=C(NCCc1ncc(C)s1)NCC(c1ccccc1OC)N1CCCC1.I. The van der Waals surface area contributed by atoms with Crippen molar-refractivity contribution in [1.82, 2.24) is 20.5 Å². The van der Waals surface area contributed by atoms with Gasteiger partial charge >= 0.3 is 0 Å². The number of halogens is 1. The normalized spacial score (nSPS) is 15.6. The third kappa shape index (κ3) is 6.82. The van der Waals surface area contributed by atoms with E-state index >= 15 is 0 Å². The van der Waals surface area contributed by atoms with Crippen molar-refractivity contribution in [3.05, 3.63) is 45.9 Å². The van der Waals surface area contributed by atoms with Crippen LogP contribution >= 0.6 is 35.3 Å². The number of guanidine groups is 1. The van der Waals surface area contributed by atoms with Gasteiger partial charge in [0.15, 0.2) is 5.96 Å². The summed E-state index contributed by atoms with van der Waals surface area (Å²) in [6.45, 7) is 5.94. The van der Waals surface area contributed by atoms with E-state index in [-0.39, 0.29) is 30.0 Å². The first kappa shape index (κ1) is 23.9. The van der Waals surface area contributed by atoms with E-state index in [4.69, 9.17) is 4.74 Å². The van der Waals surface area contributed by atoms with Crippen LogP contribution in [0.15, 0.2) is 35.5 Å². The summed E-state index contributed by atoms with van der Waals surface area (Å²) in [5.74, 6) is 1.77. The molecular weight excluding hydrogens is 497 g/mol. The van der Waals surface area contributed by atoms with Crippen molar-refractivity contribution in [3.63, 3.8) is 0 Å². The van der Waals surface area contributed by atoms with Crippen LogP contribution in [0.25, 0.3) is 0 Å². The monoisotopic (exact) mass is 529 g/mol. The summed E-state index contributed by atoms with van der Waals surface area (Å²) in [7, 11) is 3.56. The lowest BCUT2D eigenvalue weighted by Gasteiger charge is -2.30. The van der Waals surface area contributed by atoms with Crippen LogP contribution in [0.3, 0.4) is 0 Å². The molecule has 1 atom stereocenters. The third-order valence-corrected chi connectivity index (χ3v) is 6.04. The molecule has 8 heteroatoms. The molecule has 1 unspecified atom stereocenters. The van der Waals surface area contributed by atoms with Gasteiger partial charge in [0.25, 0.3) is 0 Å². The third-order valence-electron chi connectivity index (χ3n) is 5.07. The van der Waals surface area contributed by atoms with E-state index in [0.29, 0.717) is 0 Å². The summed E-state index contributed by atoms with van der Waals surface area (Å²) in [4.78, 5) is 12.6. The largest absolute Gasteiger partial charge is 0.496 e. The number of likely N-dealkylation sites (tertiary alicyclic amines) is 1. The number of aromatic nitrogens is 1. The predicted molar refractivity (Wildman–Crippen MR) is 132 cm³/mol. The Hall–Kier alpha value is -1.39. The first-order chi connectivity index (χ1) is 13.7. The number of nitrogens with one attached hydrogen (secondary N) is 2. The zero-order valence-corrected chi connectivity index (χ0v) is 20.6. The summed E-state index contributed by atoms with van der Waals surface area (Å²) in [5.41, 5.74) is 1.23. The Morgan fingerprint density at radius 3 is 2.69 bits per heavy atom. The molecule has 1 fully saturated rings. The number of ether oxygens (including phenoxy) is 1. The second kappa shape index (κ2) is 12.3. The van der Waals surface area contributed by atoms with Crippen molar-refractivity contribution in [2.45, 2.75) is 32.2 Å². The molecule has 0 radical (unpaired) electrons. The zero-order chi connectivity index (χ0) is 19.8. The molecule has 1 saturated heterocycles. The highest BCUT2D eigenvalue weighted by Gasteiger charge is 2.26. The maximum atomic E-state index is 5.63. The molecule has 6 nitrogen and oxygen atoms in total. The minimum absolute atomic E-state index is 0. The van der Waals surface area contributed by atoms with Crippen molar-refractivity contribution >= 4 is 41.3 Å². The molecule has 2 heterocycles. The molecule has 160 valence electrons. The smallest absolute Gasteiger partial charge is 0.191 e. The van der Waals surface area contributed by atoms with Gasteiger partial charge in [-0.3, -0.25) is 9.89 Å². The van der Waals surface area contributed by atoms with Crippen LogP contribution in [0.4, 0.5) is 0 Å². The summed E-state index contributed by atoms with van der Waals surface area (Å²) in [5, 5.41) is 8.08. The van der Waals surface area contributed by atoms with E-state index in [1.807, 2.05) is 25.4 Å². The van der Waals surface area contributed by atoms with E-state index < -0.39 is 0 Å². The van der Waals surface area contributed by atoms with Crippen molar-refractivity contribution in [2.75, 3.05) is 40.3 Å². The summed E-state index contributed by atoms with van der Waals surface area (Å²) in [6, 6.07) is 8.59. The average molecular weight is 529 g/mol. The number of rotatable bonds is 8. The van der Waals surface area contributed by atoms with Crippen LogP contribution in [-0.2, 0) is 6.42 Å². The number of benzene rings is 1. The number of thiazole rings is 1. The van der Waals surface area contributed by atoms with E-state index in [9.17, 15) is 0 Å². The highest BCUT2D eigenvalue weighted by atomic mass is 127. The molecule has 0 aliphatic carbocycles. The first-order valence-electron chi connectivity index (χ1n) is 9.94. The van der Waals surface area contributed by atoms with Gasteiger partial charge in [-0.2, -0.15) is 0 Å². The average Bonchev–Trinajstić information content (AvgIpc) is 3.39. The van der Waals surface area contributed by atoms with Crippen molar-refractivity contribution < 1.29 is 4.74 Å². The number of nitrogens with zero attached hydrogens (tertiary/aromatic N) is 3. The summed E-state index contributed by atoms with van der Waals surface area (Å²) in [6.07, 6.45) is 5.35. The van der Waals surface area contributed by atoms with Crippen LogP contribution in [-0.4, -0.2) is 56.2 Å². The Morgan fingerprint density at radius 2 is 2.03 bits per heavy atom. The molecule has 2 aromatic rings. The summed E-state index contributed by atoms with van der Waals surface area (Å²) >= 11 is 1.75. The minimum Gasteiger partial charge on any atom is -0.496 e. The minimum atomic E-state index is 0. The van der Waals surface area contributed by atoms with Gasteiger partial charge in [-0.05, 0) is 38.9 Å². The Balaban J connectivity index is 0.00000300. The molecule has 1 aliphatic rings. The Kier molecular flexibility index (Phi) is 10.2. The quantitative estimate of drug-likeness (QED) is 0.311. The molecule has 1 aromatic carbocycles. The highest BCUT2D eigenvalue weighted by Crippen LogP contribution is 2.31. The van der Waals surface area contributed by atoms with Gasteiger partial charge in [0.2, 0.25) is 0 Å². The second-order valence-corrected chi connectivity index (χ2v) is 8.31. The molecule has 1 aromatic heterocycles. The predicted octanol–water partition coefficient (Wildman–Crippen LogP) is 3.62. The second-order valence-electron chi connectivity index (χ2n) is 7.00. The fourth-order valence-electron chi connectivity index (χ4n) is 3.65. The maximum Gasteiger partial charge on any atom is 0.191 e. The Labute approximate surface area is 195 Å². The number of methoxy groups -OCH3 is 1. The molecule has 0 spiro atoms. The van der Waals surface area contributed by atoms with Gasteiger partial charge in [0, 0.05) is 43.2 Å². The van der Waals surface area contributed by atoms with E-state index in [2.05, 4.69) is 44.6 Å². The van der Waals surface area contributed by atoms with Crippen molar-refractivity contribution in [2.24, 2.45) is 4.99 Å². The molecule has 3 rings (SSSR count). The molecule has 29 heavy (non-hydrogen) atoms. The molecule has 0 amide bonds. The highest BCUT2D eigenvalue weighted by molar-refractivity contribution is 14.0. The Bertz CT molecular complexity index is 776. The van der Waals surface area contributed by atoms with Crippen LogP contribution in [0.1, 0.15) is 34.3 Å². The van der Waals surface area contributed by atoms with E-state index in [1.54, 1.807) is 18.4 Å². The molecule has 0 saturated carbocycles. The van der Waals surface area contributed by atoms with Gasteiger partial charge in [-0.25, -0.2) is 4.98 Å². The van der Waals surface area contributed by atoms with Crippen LogP contribution < -0.4 is 15.4 Å². The summed E-state index contributed by atoms with van der Waals surface area (Å²) < 4.78 is 5.63. The zero-order valence-electron chi connectivity index (χ0n) is 17.5. The molecule has 2 N–H and O–H groups in total. The lowest BCUT2D eigenvalue weighted by molar-refractivity contribution is 0.239. The van der Waals surface area contributed by atoms with E-state index in [1.165, 1.54) is 23.3 Å². The van der Waals surface area contributed by atoms with Gasteiger partial charge in [-0.1, -0.05) is 18.2 Å². The fourth-order valence-corrected chi connectivity index (χ4v) is 4.44. The lowest BCUT2D eigenvalue weighted by atomic mass is 10.0. The van der Waals surface area contributed by atoms with E-state index in [0.717, 1.165) is 49.3 Å². The van der Waals surface area contributed by atoms with Crippen LogP contribution in [0.5, 0.6) is 5.75 Å². The maximum absolute atomic E-state index is 5.63. The first-order valence-corrected chi connectivity index (χ1v) is 10.8. The molecule has 1 aliphatic heterocycles. The number of hydrogen-bond acceptors (Lipinski definition) is 5. The van der Waals surface area contributed by atoms with Gasteiger partial charge in [0.05, 0.1) is 18.2 Å². The number of hydrogen-bond donors (Lipinski definition) is 2. The number of aliphatic imine (C=N–C) groups is 1. The molecular formula is C21H32IN5OS. The van der Waals surface area contributed by atoms with Gasteiger partial charge in [0.1, 0.15) is 5.75 Å². The van der Waals surface area contributed by atoms with Crippen molar-refractivity contribution in [1.29, 1.82) is 0 Å². The fraction of sp³-hybridized carbons (Fsp3) is 0.524. The van der Waals surface area contributed by atoms with Crippen molar-refractivity contribution in [3.8, 4) is 5.75 Å². The standard InChI is InChI=1S/C21H31N5OS.HI/c1-16-14-24-20(28-16)10-11-23-21(22-2)25-15-18(26-12-6-7-13-26)17-8-4-5-9-19(17)27-3;/h4-5,8-9,14,18H,6-7,10-13,15H2,1-3H3,(H2,22,23,25);1H. The van der Waals surface area contributed by atoms with Gasteiger partial charge < -0.3 is 15.4 Å². The van der Waals surface area contributed by atoms with Crippen LogP contribution in [0, 0.1) is 6.92 Å². The van der Waals surface area contributed by atoms with Gasteiger partial charge in [-0.15, -0.1) is 35.3 Å². The van der Waals surface area contributed by atoms with Crippen LogP contribution in [0.2, 0.25) is 0 Å². The Morgan fingerprint density at radius 1 is 1.28 bits per heavy atom.